The summed E-state index contributed by atoms with van der Waals surface area (Å²) in [5.41, 5.74) is 2.09. The zero-order chi connectivity index (χ0) is 17.9. The molecule has 1 aliphatic heterocycles. The highest BCUT2D eigenvalue weighted by Gasteiger charge is 2.18. The predicted octanol–water partition coefficient (Wildman–Crippen LogP) is 5.41. The van der Waals surface area contributed by atoms with Gasteiger partial charge >= 0.3 is 0 Å². The zero-order valence-electron chi connectivity index (χ0n) is 15.1. The van der Waals surface area contributed by atoms with Crippen LogP contribution in [0.2, 0.25) is 0 Å². The molecule has 132 valence electrons. The lowest BCUT2D eigenvalue weighted by Crippen LogP contribution is -2.22. The molecule has 2 aromatic heterocycles. The summed E-state index contributed by atoms with van der Waals surface area (Å²) in [4.78, 5) is 9.64. The molecule has 1 aliphatic rings. The molecule has 0 radical (unpaired) electrons. The number of pyridine rings is 1. The van der Waals surface area contributed by atoms with E-state index in [0.29, 0.717) is 5.92 Å². The number of hydrogen-bond donors (Lipinski definition) is 0. The molecule has 4 heteroatoms. The largest absolute Gasteiger partial charge is 0.497 e. The number of thiophene rings is 1. The second kappa shape index (κ2) is 7.34. The minimum Gasteiger partial charge on any atom is -0.497 e. The van der Waals surface area contributed by atoms with Crippen LogP contribution >= 0.6 is 11.3 Å². The molecule has 3 nitrogen and oxygen atoms in total. The van der Waals surface area contributed by atoms with Crippen molar-refractivity contribution >= 4 is 33.7 Å². The number of benzene rings is 1. The normalized spacial score (nSPS) is 17.3. The van der Waals surface area contributed by atoms with Crippen molar-refractivity contribution in [2.45, 2.75) is 12.3 Å². The van der Waals surface area contributed by atoms with Gasteiger partial charge in [0.15, 0.2) is 0 Å². The average Bonchev–Trinajstić information content (AvgIpc) is 3.10. The molecule has 1 unspecified atom stereocenters. The fraction of sp³-hybridized carbons (Fsp3) is 0.227. The maximum Gasteiger partial charge on any atom is 0.124 e. The smallest absolute Gasteiger partial charge is 0.124 e. The molecule has 1 atom stereocenters. The summed E-state index contributed by atoms with van der Waals surface area (Å²) in [5, 5.41) is 1.24. The van der Waals surface area contributed by atoms with Crippen LogP contribution in [0.5, 0.6) is 5.75 Å². The van der Waals surface area contributed by atoms with Crippen molar-refractivity contribution in [3.63, 3.8) is 0 Å². The Labute approximate surface area is 158 Å². The van der Waals surface area contributed by atoms with Crippen LogP contribution in [0.25, 0.3) is 22.4 Å². The van der Waals surface area contributed by atoms with Crippen molar-refractivity contribution in [1.29, 1.82) is 0 Å². The van der Waals surface area contributed by atoms with Crippen LogP contribution in [-0.2, 0) is 0 Å². The monoisotopic (exact) mass is 362 g/mol. The number of hydrogen-bond acceptors (Lipinski definition) is 4. The van der Waals surface area contributed by atoms with Crippen LogP contribution in [-0.4, -0.2) is 30.6 Å². The minimum absolute atomic E-state index is 0.569. The molecular formula is C22H22N2OS. The zero-order valence-corrected chi connectivity index (χ0v) is 15.9. The van der Waals surface area contributed by atoms with E-state index in [0.717, 1.165) is 34.8 Å². The van der Waals surface area contributed by atoms with Crippen LogP contribution < -0.4 is 4.74 Å². The molecule has 0 N–H and O–H groups in total. The number of aromatic nitrogens is 1. The fourth-order valence-corrected chi connectivity index (χ4v) is 4.41. The van der Waals surface area contributed by atoms with E-state index in [4.69, 9.17) is 9.72 Å². The Morgan fingerprint density at radius 1 is 1.19 bits per heavy atom. The Hall–Kier alpha value is -2.59. The van der Waals surface area contributed by atoms with Gasteiger partial charge in [0, 0.05) is 29.8 Å². The van der Waals surface area contributed by atoms with Gasteiger partial charge in [-0.2, -0.15) is 0 Å². The first-order valence-corrected chi connectivity index (χ1v) is 9.62. The van der Waals surface area contributed by atoms with Gasteiger partial charge < -0.3 is 9.64 Å². The minimum atomic E-state index is 0.569. The van der Waals surface area contributed by atoms with Crippen molar-refractivity contribution < 1.29 is 4.74 Å². The third kappa shape index (κ3) is 3.65. The molecular weight excluding hydrogens is 340 g/mol. The van der Waals surface area contributed by atoms with Crippen LogP contribution in [0, 0.1) is 0 Å². The quantitative estimate of drug-likeness (QED) is 0.621. The van der Waals surface area contributed by atoms with E-state index in [1.54, 1.807) is 7.11 Å². The number of likely N-dealkylation sites (N-methyl/N-ethyl adjacent to an activating group) is 1. The topological polar surface area (TPSA) is 25.4 Å². The Bertz CT molecular complexity index is 973. The van der Waals surface area contributed by atoms with Gasteiger partial charge in [0.1, 0.15) is 10.6 Å². The number of fused-ring (bicyclic) bond motifs is 1. The lowest BCUT2D eigenvalue weighted by molar-refractivity contribution is 0.393. The van der Waals surface area contributed by atoms with Gasteiger partial charge in [-0.3, -0.25) is 0 Å². The summed E-state index contributed by atoms with van der Waals surface area (Å²) in [5.74, 6) is 1.44. The highest BCUT2D eigenvalue weighted by atomic mass is 32.1. The van der Waals surface area contributed by atoms with Gasteiger partial charge in [-0.15, -0.1) is 11.3 Å². The molecule has 0 bridgehead atoms. The average molecular weight is 362 g/mol. The molecule has 0 amide bonds. The van der Waals surface area contributed by atoms with Crippen LogP contribution in [0.15, 0.2) is 54.7 Å². The van der Waals surface area contributed by atoms with Gasteiger partial charge in [-0.1, -0.05) is 24.3 Å². The van der Waals surface area contributed by atoms with E-state index < -0.39 is 0 Å². The summed E-state index contributed by atoms with van der Waals surface area (Å²) in [6.45, 7) is 1.08. The molecule has 1 aromatic carbocycles. The third-order valence-electron chi connectivity index (χ3n) is 4.66. The Morgan fingerprint density at radius 3 is 2.96 bits per heavy atom. The predicted molar refractivity (Wildman–Crippen MR) is 111 cm³/mol. The standard InChI is InChI=1S/C22H22N2OS/c1-24-12-4-6-18(15-24)21-14-17-9-11-19(23-22(17)26-21)10-8-16-5-3-7-20(13-16)25-2/h3-5,7-14,18H,6,15H2,1-2H3/b10-8+. The van der Waals surface area contributed by atoms with Gasteiger partial charge in [-0.25, -0.2) is 4.98 Å². The molecule has 3 heterocycles. The van der Waals surface area contributed by atoms with Crippen molar-refractivity contribution in [1.82, 2.24) is 9.88 Å². The maximum atomic E-state index is 5.28. The second-order valence-corrected chi connectivity index (χ2v) is 7.71. The highest BCUT2D eigenvalue weighted by Crippen LogP contribution is 2.34. The van der Waals surface area contributed by atoms with Crippen molar-refractivity contribution in [3.8, 4) is 5.75 Å². The first kappa shape index (κ1) is 16.9. The number of allylic oxidation sites excluding steroid dienone is 1. The lowest BCUT2D eigenvalue weighted by Gasteiger charge is -2.25. The number of nitrogens with zero attached hydrogens (tertiary/aromatic N) is 2. The Morgan fingerprint density at radius 2 is 2.12 bits per heavy atom. The van der Waals surface area contributed by atoms with E-state index in [1.165, 1.54) is 10.3 Å². The molecule has 0 aliphatic carbocycles. The summed E-state index contributed by atoms with van der Waals surface area (Å²) in [7, 11) is 3.82. The van der Waals surface area contributed by atoms with Crippen molar-refractivity contribution in [2.75, 3.05) is 20.7 Å². The molecule has 3 aromatic rings. The third-order valence-corrected chi connectivity index (χ3v) is 5.86. The van der Waals surface area contributed by atoms with Gasteiger partial charge in [0.05, 0.1) is 12.8 Å². The van der Waals surface area contributed by atoms with E-state index in [-0.39, 0.29) is 0 Å². The maximum absolute atomic E-state index is 5.28. The summed E-state index contributed by atoms with van der Waals surface area (Å²) in [6.07, 6.45) is 9.68. The first-order chi connectivity index (χ1) is 12.7. The van der Waals surface area contributed by atoms with Crippen molar-refractivity contribution in [2.24, 2.45) is 0 Å². The lowest BCUT2D eigenvalue weighted by atomic mass is 10.0. The summed E-state index contributed by atoms with van der Waals surface area (Å²) >= 11 is 1.82. The summed E-state index contributed by atoms with van der Waals surface area (Å²) in [6, 6.07) is 14.6. The Balaban J connectivity index is 1.57. The van der Waals surface area contributed by atoms with Crippen LogP contribution in [0.1, 0.15) is 28.5 Å². The van der Waals surface area contributed by atoms with Crippen molar-refractivity contribution in [3.05, 3.63) is 70.9 Å². The molecule has 0 saturated heterocycles. The molecule has 4 rings (SSSR count). The van der Waals surface area contributed by atoms with E-state index in [9.17, 15) is 0 Å². The summed E-state index contributed by atoms with van der Waals surface area (Å²) < 4.78 is 5.28. The molecule has 26 heavy (non-hydrogen) atoms. The van der Waals surface area contributed by atoms with Gasteiger partial charge in [0.25, 0.3) is 0 Å². The van der Waals surface area contributed by atoms with E-state index in [1.807, 2.05) is 29.5 Å². The number of methoxy groups -OCH3 is 1. The van der Waals surface area contributed by atoms with Gasteiger partial charge in [-0.05, 0) is 54.6 Å². The SMILES string of the molecule is COc1cccc(/C=C/c2ccc3cc(C4CC=CN(C)C4)sc3n2)c1. The highest BCUT2D eigenvalue weighted by molar-refractivity contribution is 7.18. The van der Waals surface area contributed by atoms with E-state index in [2.05, 4.69) is 60.6 Å². The number of ether oxygens (including phenoxy) is 1. The van der Waals surface area contributed by atoms with Crippen LogP contribution in [0.3, 0.4) is 0 Å². The fourth-order valence-electron chi connectivity index (χ4n) is 3.27. The molecule has 0 fully saturated rings. The van der Waals surface area contributed by atoms with Gasteiger partial charge in [0.2, 0.25) is 0 Å². The van der Waals surface area contributed by atoms with E-state index >= 15 is 0 Å². The number of rotatable bonds is 4. The second-order valence-electron chi connectivity index (χ2n) is 6.65. The molecule has 0 spiro atoms. The first-order valence-electron chi connectivity index (χ1n) is 8.81. The Kier molecular flexibility index (Phi) is 4.76. The van der Waals surface area contributed by atoms with Crippen LogP contribution in [0.4, 0.5) is 0 Å². The molecule has 0 saturated carbocycles.